The third-order valence-electron chi connectivity index (χ3n) is 8.23. The number of rotatable bonds is 4. The molecule has 0 unspecified atom stereocenters. The average molecular weight is 436 g/mol. The van der Waals surface area contributed by atoms with Crippen LogP contribution in [0.1, 0.15) is 54.7 Å². The van der Waals surface area contributed by atoms with E-state index in [0.29, 0.717) is 17.3 Å². The van der Waals surface area contributed by atoms with Gasteiger partial charge in [0.2, 0.25) is 5.56 Å². The first kappa shape index (κ1) is 18.8. The highest BCUT2D eigenvalue weighted by Crippen LogP contribution is 2.56. The molecule has 168 valence electrons. The highest BCUT2D eigenvalue weighted by atomic mass is 16.2. The molecule has 3 saturated heterocycles. The molecule has 0 aromatic carbocycles. The van der Waals surface area contributed by atoms with Gasteiger partial charge < -0.3 is 14.8 Å². The topological polar surface area (TPSA) is 101 Å². The van der Waals surface area contributed by atoms with E-state index in [1.54, 1.807) is 12.3 Å². The number of hydrogen-bond donors (Lipinski definition) is 2. The van der Waals surface area contributed by atoms with Crippen LogP contribution < -0.4 is 5.56 Å². The number of carbonyl (C=O) groups excluding carboxylic acids is 1. The second-order valence-electron chi connectivity index (χ2n) is 11.2. The van der Waals surface area contributed by atoms with Crippen molar-refractivity contribution in [3.05, 3.63) is 45.9 Å². The minimum absolute atomic E-state index is 0.0623. The molecule has 3 aliphatic heterocycles. The van der Waals surface area contributed by atoms with Crippen LogP contribution in [0, 0.1) is 10.8 Å². The van der Waals surface area contributed by atoms with Crippen LogP contribution in [0.4, 0.5) is 4.79 Å². The van der Waals surface area contributed by atoms with E-state index in [0.717, 1.165) is 75.9 Å². The third-order valence-corrected chi connectivity index (χ3v) is 8.23. The van der Waals surface area contributed by atoms with Gasteiger partial charge >= 0.3 is 6.03 Å². The molecule has 2 spiro atoms. The Bertz CT molecular complexity index is 1090. The monoisotopic (exact) mass is 435 g/mol. The zero-order valence-electron chi connectivity index (χ0n) is 18.2. The predicted molar refractivity (Wildman–Crippen MR) is 116 cm³/mol. The van der Waals surface area contributed by atoms with Crippen molar-refractivity contribution in [1.29, 1.82) is 0 Å². The second-order valence-corrected chi connectivity index (χ2v) is 11.2. The molecule has 2 aromatic rings. The Kier molecular flexibility index (Phi) is 3.79. The Morgan fingerprint density at radius 2 is 1.72 bits per heavy atom. The van der Waals surface area contributed by atoms with E-state index >= 15 is 0 Å². The predicted octanol–water partition coefficient (Wildman–Crippen LogP) is 1.49. The minimum Gasteiger partial charge on any atom is -0.329 e. The highest BCUT2D eigenvalue weighted by molar-refractivity contribution is 5.77. The van der Waals surface area contributed by atoms with Crippen LogP contribution in [0.15, 0.2) is 23.1 Å². The molecule has 2 aromatic heterocycles. The van der Waals surface area contributed by atoms with Gasteiger partial charge in [-0.05, 0) is 31.2 Å². The number of aromatic amines is 2. The fourth-order valence-electron chi connectivity index (χ4n) is 6.45. The van der Waals surface area contributed by atoms with Crippen molar-refractivity contribution >= 4 is 6.03 Å². The van der Waals surface area contributed by atoms with Crippen LogP contribution in [0.3, 0.4) is 0 Å². The van der Waals surface area contributed by atoms with Crippen molar-refractivity contribution in [1.82, 2.24) is 34.9 Å². The summed E-state index contributed by atoms with van der Waals surface area (Å²) >= 11 is 0. The molecule has 2 saturated carbocycles. The summed E-state index contributed by atoms with van der Waals surface area (Å²) in [7, 11) is 0. The maximum Gasteiger partial charge on any atom is 0.320 e. The van der Waals surface area contributed by atoms with E-state index < -0.39 is 0 Å². The van der Waals surface area contributed by atoms with Gasteiger partial charge in [-0.15, -0.1) is 0 Å². The Hall–Kier alpha value is -2.68. The lowest BCUT2D eigenvalue weighted by atomic mass is 9.57. The Labute approximate surface area is 186 Å². The van der Waals surface area contributed by atoms with Gasteiger partial charge in [-0.3, -0.25) is 14.8 Å². The summed E-state index contributed by atoms with van der Waals surface area (Å²) in [6.07, 6.45) is 6.50. The lowest BCUT2D eigenvalue weighted by Gasteiger charge is -2.63. The van der Waals surface area contributed by atoms with Crippen LogP contribution in [0.2, 0.25) is 0 Å². The van der Waals surface area contributed by atoms with Crippen LogP contribution in [0.25, 0.3) is 0 Å². The molecule has 9 nitrogen and oxygen atoms in total. The van der Waals surface area contributed by atoms with E-state index in [2.05, 4.69) is 20.1 Å². The highest BCUT2D eigenvalue weighted by Gasteiger charge is 2.58. The van der Waals surface area contributed by atoms with Gasteiger partial charge in [0.05, 0.1) is 0 Å². The van der Waals surface area contributed by atoms with Crippen LogP contribution in [-0.2, 0) is 6.54 Å². The molecule has 2 aliphatic carbocycles. The van der Waals surface area contributed by atoms with E-state index in [1.807, 2.05) is 15.9 Å². The summed E-state index contributed by atoms with van der Waals surface area (Å²) in [6, 6.07) is 3.69. The molecule has 0 radical (unpaired) electrons. The largest absolute Gasteiger partial charge is 0.329 e. The van der Waals surface area contributed by atoms with Gasteiger partial charge in [0.1, 0.15) is 5.82 Å². The molecule has 5 heterocycles. The van der Waals surface area contributed by atoms with Gasteiger partial charge in [-0.2, -0.15) is 5.10 Å². The smallest absolute Gasteiger partial charge is 0.320 e. The van der Waals surface area contributed by atoms with Crippen molar-refractivity contribution < 1.29 is 4.79 Å². The molecule has 7 rings (SSSR count). The summed E-state index contributed by atoms with van der Waals surface area (Å²) in [5, 5.41) is 7.58. The molecular weight excluding hydrogens is 406 g/mol. The first-order chi connectivity index (χ1) is 15.5. The van der Waals surface area contributed by atoms with E-state index in [9.17, 15) is 9.59 Å². The zero-order chi connectivity index (χ0) is 21.5. The number of nitrogens with one attached hydrogen (secondary N) is 2. The molecule has 2 N–H and O–H groups in total. The van der Waals surface area contributed by atoms with Gasteiger partial charge in [0.15, 0.2) is 5.82 Å². The maximum atomic E-state index is 12.9. The molecule has 2 amide bonds. The van der Waals surface area contributed by atoms with E-state index in [1.165, 1.54) is 12.8 Å². The van der Waals surface area contributed by atoms with Crippen LogP contribution in [-0.4, -0.2) is 80.2 Å². The molecule has 0 atom stereocenters. The molecule has 5 fully saturated rings. The molecule has 9 heteroatoms. The minimum atomic E-state index is -0.0623. The summed E-state index contributed by atoms with van der Waals surface area (Å²) in [6.45, 7) is 6.45. The molecule has 5 aliphatic rings. The quantitative estimate of drug-likeness (QED) is 0.758. The van der Waals surface area contributed by atoms with Crippen molar-refractivity contribution in [2.45, 2.75) is 44.1 Å². The van der Waals surface area contributed by atoms with Gasteiger partial charge in [-0.25, -0.2) is 9.78 Å². The Morgan fingerprint density at radius 3 is 2.38 bits per heavy atom. The molecule has 32 heavy (non-hydrogen) atoms. The number of pyridine rings is 1. The zero-order valence-corrected chi connectivity index (χ0v) is 18.2. The number of likely N-dealkylation sites (tertiary alicyclic amines) is 3. The first-order valence-electron chi connectivity index (χ1n) is 11.8. The first-order valence-corrected chi connectivity index (χ1v) is 11.8. The van der Waals surface area contributed by atoms with E-state index in [4.69, 9.17) is 4.98 Å². The summed E-state index contributed by atoms with van der Waals surface area (Å²) in [5.74, 6) is 3.15. The van der Waals surface area contributed by atoms with Crippen molar-refractivity contribution in [2.24, 2.45) is 10.8 Å². The summed E-state index contributed by atoms with van der Waals surface area (Å²) in [4.78, 5) is 38.0. The fourth-order valence-corrected chi connectivity index (χ4v) is 6.45. The van der Waals surface area contributed by atoms with Crippen LogP contribution >= 0.6 is 0 Å². The summed E-state index contributed by atoms with van der Waals surface area (Å²) < 4.78 is 0. The molecule has 0 bridgehead atoms. The van der Waals surface area contributed by atoms with Crippen LogP contribution in [0.5, 0.6) is 0 Å². The second kappa shape index (κ2) is 6.43. The van der Waals surface area contributed by atoms with Crippen molar-refractivity contribution in [2.75, 3.05) is 39.3 Å². The van der Waals surface area contributed by atoms with Gasteiger partial charge in [-0.1, -0.05) is 6.07 Å². The number of nitrogens with zero attached hydrogens (tertiary/aromatic N) is 5. The standard InChI is InChI=1S/C23H29N7O2/c31-18-4-1-15(7-24-18)8-28-9-23(10-28)13-30(14-23)21(32)29-11-22(12-29)5-17(6-22)20-25-19(26-27-20)16-2-3-16/h1,4,7,16-17H,2-3,5-6,8-14H2,(H,24,31)(H,25,26,27). The Morgan fingerprint density at radius 1 is 1.00 bits per heavy atom. The van der Waals surface area contributed by atoms with Crippen molar-refractivity contribution in [3.63, 3.8) is 0 Å². The maximum absolute atomic E-state index is 12.9. The lowest BCUT2D eigenvalue weighted by Crippen LogP contribution is -2.75. The van der Waals surface area contributed by atoms with Crippen molar-refractivity contribution in [3.8, 4) is 0 Å². The number of H-pyrrole nitrogens is 2. The SMILES string of the molecule is O=C(N1CC2(CC(c3n[nH]c(C4CC4)n3)C2)C1)N1CC2(CN(Cc3ccc(=O)[nH]c3)C2)C1. The van der Waals surface area contributed by atoms with Gasteiger partial charge in [0, 0.05) is 80.7 Å². The van der Waals surface area contributed by atoms with Gasteiger partial charge in [0.25, 0.3) is 0 Å². The van der Waals surface area contributed by atoms with E-state index in [-0.39, 0.29) is 17.0 Å². The number of hydrogen-bond acceptors (Lipinski definition) is 5. The third kappa shape index (κ3) is 3.01. The lowest BCUT2D eigenvalue weighted by molar-refractivity contribution is -0.116. The molecular formula is C23H29N7O2. The number of aromatic nitrogens is 4. The average Bonchev–Trinajstić information content (AvgIpc) is 3.40. The number of carbonyl (C=O) groups is 1. The normalized spacial score (nSPS) is 25.9. The Balaban J connectivity index is 0.855. The fraction of sp³-hybridized carbons (Fsp3) is 0.652. The number of amides is 2. The number of urea groups is 1. The summed E-state index contributed by atoms with van der Waals surface area (Å²) in [5.41, 5.74) is 1.66.